The molecule has 0 aliphatic rings. The molecule has 1 aromatic heterocycles. The van der Waals surface area contributed by atoms with E-state index in [1.54, 1.807) is 0 Å². The van der Waals surface area contributed by atoms with Crippen molar-refractivity contribution in [1.82, 2.24) is 4.57 Å². The lowest BCUT2D eigenvalue weighted by Crippen LogP contribution is -2.13. The molecule has 134 valence electrons. The zero-order chi connectivity index (χ0) is 18.7. The molecule has 0 saturated carbocycles. The summed E-state index contributed by atoms with van der Waals surface area (Å²) in [6.45, 7) is 4.49. The van der Waals surface area contributed by atoms with Gasteiger partial charge >= 0.3 is 0 Å². The second kappa shape index (κ2) is 7.75. The summed E-state index contributed by atoms with van der Waals surface area (Å²) in [6, 6.07) is 16.0. The summed E-state index contributed by atoms with van der Waals surface area (Å²) >= 11 is 5.73. The van der Waals surface area contributed by atoms with E-state index in [-0.39, 0.29) is 17.4 Å². The van der Waals surface area contributed by atoms with Crippen molar-refractivity contribution >= 4 is 17.4 Å². The van der Waals surface area contributed by atoms with E-state index in [1.807, 2.05) is 38.1 Å². The number of carbonyl (C=O) groups is 1. The molecule has 0 aliphatic heterocycles. The monoisotopic (exact) mass is 371 g/mol. The molecule has 0 radical (unpaired) electrons. The Balaban J connectivity index is 1.73. The first-order valence-corrected chi connectivity index (χ1v) is 8.65. The van der Waals surface area contributed by atoms with Gasteiger partial charge in [-0.1, -0.05) is 41.9 Å². The van der Waals surface area contributed by atoms with Crippen molar-refractivity contribution in [3.05, 3.63) is 88.0 Å². The van der Waals surface area contributed by atoms with Gasteiger partial charge in [-0.15, -0.1) is 0 Å². The Morgan fingerprint density at radius 3 is 2.54 bits per heavy atom. The van der Waals surface area contributed by atoms with Crippen molar-refractivity contribution in [1.29, 1.82) is 0 Å². The van der Waals surface area contributed by atoms with E-state index in [2.05, 4.69) is 16.7 Å². The molecule has 3 aromatic rings. The SMILES string of the molecule is Cc1cc(C(=O)COc2ccc(F)c(Cl)c2)c(C)n1Cc1ccccc1. The summed E-state index contributed by atoms with van der Waals surface area (Å²) in [5.74, 6) is -0.282. The summed E-state index contributed by atoms with van der Waals surface area (Å²) in [5, 5.41) is -0.0315. The first kappa shape index (κ1) is 18.2. The maximum Gasteiger partial charge on any atom is 0.202 e. The molecule has 2 aromatic carbocycles. The van der Waals surface area contributed by atoms with Crippen LogP contribution in [0.5, 0.6) is 5.75 Å². The summed E-state index contributed by atoms with van der Waals surface area (Å²) in [4.78, 5) is 12.6. The van der Waals surface area contributed by atoms with E-state index >= 15 is 0 Å². The molecule has 3 nitrogen and oxygen atoms in total. The van der Waals surface area contributed by atoms with Crippen molar-refractivity contribution in [3.8, 4) is 5.75 Å². The predicted octanol–water partition coefficient (Wildman–Crippen LogP) is 5.21. The lowest BCUT2D eigenvalue weighted by Gasteiger charge is -2.10. The average molecular weight is 372 g/mol. The van der Waals surface area contributed by atoms with Gasteiger partial charge in [0.05, 0.1) is 5.02 Å². The molecular weight excluding hydrogens is 353 g/mol. The van der Waals surface area contributed by atoms with Gasteiger partial charge in [-0.25, -0.2) is 4.39 Å². The van der Waals surface area contributed by atoms with Gasteiger partial charge in [0.15, 0.2) is 6.61 Å². The number of ether oxygens (including phenoxy) is 1. The van der Waals surface area contributed by atoms with Gasteiger partial charge in [0, 0.05) is 29.6 Å². The van der Waals surface area contributed by atoms with Crippen LogP contribution in [0.4, 0.5) is 4.39 Å². The lowest BCUT2D eigenvalue weighted by molar-refractivity contribution is 0.0920. The molecule has 0 fully saturated rings. The summed E-state index contributed by atoms with van der Waals surface area (Å²) in [5.41, 5.74) is 3.72. The largest absolute Gasteiger partial charge is 0.485 e. The van der Waals surface area contributed by atoms with Crippen LogP contribution in [0.1, 0.15) is 27.3 Å². The van der Waals surface area contributed by atoms with Gasteiger partial charge in [-0.05, 0) is 37.6 Å². The number of benzene rings is 2. The molecule has 0 atom stereocenters. The number of nitrogens with zero attached hydrogens (tertiary/aromatic N) is 1. The summed E-state index contributed by atoms with van der Waals surface area (Å²) in [6.07, 6.45) is 0. The van der Waals surface area contributed by atoms with Crippen molar-refractivity contribution in [2.45, 2.75) is 20.4 Å². The number of carbonyl (C=O) groups excluding carboxylic acids is 1. The maximum atomic E-state index is 13.2. The molecule has 5 heteroatoms. The third kappa shape index (κ3) is 3.97. The molecule has 0 saturated heterocycles. The number of aromatic nitrogens is 1. The van der Waals surface area contributed by atoms with E-state index in [1.165, 1.54) is 23.8 Å². The van der Waals surface area contributed by atoms with E-state index in [0.29, 0.717) is 17.9 Å². The van der Waals surface area contributed by atoms with Crippen LogP contribution in [-0.4, -0.2) is 17.0 Å². The van der Waals surface area contributed by atoms with Crippen LogP contribution in [0.15, 0.2) is 54.6 Å². The Kier molecular flexibility index (Phi) is 5.43. The van der Waals surface area contributed by atoms with Gasteiger partial charge < -0.3 is 9.30 Å². The van der Waals surface area contributed by atoms with Crippen LogP contribution in [0, 0.1) is 19.7 Å². The minimum absolute atomic E-state index is 0.0315. The number of hydrogen-bond donors (Lipinski definition) is 0. The lowest BCUT2D eigenvalue weighted by atomic mass is 10.1. The molecular formula is C21H19ClFNO2. The Morgan fingerprint density at radius 2 is 1.85 bits per heavy atom. The summed E-state index contributed by atoms with van der Waals surface area (Å²) < 4.78 is 20.8. The molecule has 0 bridgehead atoms. The van der Waals surface area contributed by atoms with Crippen LogP contribution in [0.25, 0.3) is 0 Å². The van der Waals surface area contributed by atoms with Crippen molar-refractivity contribution in [2.75, 3.05) is 6.61 Å². The highest BCUT2D eigenvalue weighted by molar-refractivity contribution is 6.30. The number of halogens is 2. The van der Waals surface area contributed by atoms with Gasteiger partial charge in [0.25, 0.3) is 0 Å². The number of rotatable bonds is 6. The van der Waals surface area contributed by atoms with Crippen molar-refractivity contribution in [2.24, 2.45) is 0 Å². The Labute approximate surface area is 157 Å². The molecule has 0 spiro atoms. The highest BCUT2D eigenvalue weighted by atomic mass is 35.5. The smallest absolute Gasteiger partial charge is 0.202 e. The number of ketones is 1. The second-order valence-electron chi connectivity index (χ2n) is 6.14. The third-order valence-electron chi connectivity index (χ3n) is 4.32. The second-order valence-corrected chi connectivity index (χ2v) is 6.55. The summed E-state index contributed by atoms with van der Waals surface area (Å²) in [7, 11) is 0. The molecule has 0 aliphatic carbocycles. The predicted molar refractivity (Wildman–Crippen MR) is 101 cm³/mol. The van der Waals surface area contributed by atoms with E-state index in [9.17, 15) is 9.18 Å². The topological polar surface area (TPSA) is 31.2 Å². The van der Waals surface area contributed by atoms with Gasteiger partial charge in [0.1, 0.15) is 11.6 Å². The number of aryl methyl sites for hydroxylation is 1. The van der Waals surface area contributed by atoms with Gasteiger partial charge in [-0.3, -0.25) is 4.79 Å². The van der Waals surface area contributed by atoms with Gasteiger partial charge in [-0.2, -0.15) is 0 Å². The van der Waals surface area contributed by atoms with Crippen molar-refractivity contribution in [3.63, 3.8) is 0 Å². The molecule has 0 amide bonds. The fourth-order valence-corrected chi connectivity index (χ4v) is 3.06. The maximum absolute atomic E-state index is 13.2. The Bertz CT molecular complexity index is 935. The van der Waals surface area contributed by atoms with Crippen LogP contribution < -0.4 is 4.74 Å². The minimum atomic E-state index is -0.519. The van der Waals surface area contributed by atoms with E-state index in [0.717, 1.165) is 11.4 Å². The first-order chi connectivity index (χ1) is 12.5. The standard InChI is InChI=1S/C21H19ClFNO2/c1-14-10-18(15(2)24(14)12-16-6-4-3-5-7-16)21(25)13-26-17-8-9-20(23)19(22)11-17/h3-11H,12-13H2,1-2H3. The Morgan fingerprint density at radius 1 is 1.12 bits per heavy atom. The third-order valence-corrected chi connectivity index (χ3v) is 4.61. The quantitative estimate of drug-likeness (QED) is 0.557. The minimum Gasteiger partial charge on any atom is -0.485 e. The molecule has 0 N–H and O–H groups in total. The Hall–Kier alpha value is -2.59. The molecule has 3 rings (SSSR count). The molecule has 1 heterocycles. The number of Topliss-reactive ketones (excluding diaryl/α,β-unsaturated/α-hetero) is 1. The van der Waals surface area contributed by atoms with E-state index in [4.69, 9.17) is 16.3 Å². The fourth-order valence-electron chi connectivity index (χ4n) is 2.89. The fraction of sp³-hybridized carbons (Fsp3) is 0.190. The van der Waals surface area contributed by atoms with Crippen molar-refractivity contribution < 1.29 is 13.9 Å². The van der Waals surface area contributed by atoms with Crippen LogP contribution in [0.3, 0.4) is 0 Å². The van der Waals surface area contributed by atoms with E-state index < -0.39 is 5.82 Å². The highest BCUT2D eigenvalue weighted by Gasteiger charge is 2.16. The first-order valence-electron chi connectivity index (χ1n) is 8.27. The number of hydrogen-bond acceptors (Lipinski definition) is 2. The van der Waals surface area contributed by atoms with Crippen LogP contribution in [-0.2, 0) is 6.54 Å². The zero-order valence-corrected chi connectivity index (χ0v) is 15.4. The zero-order valence-electron chi connectivity index (χ0n) is 14.6. The average Bonchev–Trinajstić information content (AvgIpc) is 2.91. The van der Waals surface area contributed by atoms with Crippen LogP contribution in [0.2, 0.25) is 5.02 Å². The normalized spacial score (nSPS) is 10.8. The van der Waals surface area contributed by atoms with Crippen LogP contribution >= 0.6 is 11.6 Å². The van der Waals surface area contributed by atoms with Gasteiger partial charge in [0.2, 0.25) is 5.78 Å². The highest BCUT2D eigenvalue weighted by Crippen LogP contribution is 2.22. The molecule has 0 unspecified atom stereocenters. The molecule has 26 heavy (non-hydrogen) atoms.